The third kappa shape index (κ3) is 7.58. The van der Waals surface area contributed by atoms with Crippen LogP contribution in [0.15, 0.2) is 0 Å². The molecule has 27 heavy (non-hydrogen) atoms. The van der Waals surface area contributed by atoms with Crippen LogP contribution in [0, 0.1) is 0 Å². The van der Waals surface area contributed by atoms with Gasteiger partial charge < -0.3 is 37.2 Å². The van der Waals surface area contributed by atoms with E-state index in [2.05, 4.69) is 16.0 Å². The predicted octanol–water partition coefficient (Wildman–Crippen LogP) is -3.83. The molecule has 152 valence electrons. The van der Waals surface area contributed by atoms with Crippen LogP contribution < -0.4 is 27.0 Å². The Kier molecular flexibility index (Phi) is 8.62. The van der Waals surface area contributed by atoms with Gasteiger partial charge in [0.25, 0.3) is 0 Å². The summed E-state index contributed by atoms with van der Waals surface area (Å²) >= 11 is 0. The molecule has 1 aliphatic rings. The molecule has 1 saturated heterocycles. The number of carboxylic acids is 1. The maximum absolute atomic E-state index is 12.2. The highest BCUT2D eigenvalue weighted by Crippen LogP contribution is 2.05. The minimum atomic E-state index is -1.54. The van der Waals surface area contributed by atoms with Gasteiger partial charge in [0.15, 0.2) is 6.04 Å². The molecule has 12 heteroatoms. The smallest absolute Gasteiger partial charge is 0.328 e. The molecular formula is C15H25N5O7. The molecule has 4 unspecified atom stereocenters. The van der Waals surface area contributed by atoms with Gasteiger partial charge in [-0.25, -0.2) is 4.79 Å². The van der Waals surface area contributed by atoms with Gasteiger partial charge in [0.05, 0.1) is 25.1 Å². The standard InChI is InChI=1S/C15H25N5O7/c1-7(21)12(15(26)27)20-11(23)6-18-13(24)9(5-10(16)22)19-14(25)8-3-2-4-17-8/h7-9,12,17,21H,2-6H2,1H3,(H2,16,22)(H,18,24)(H,19,25)(H,20,23)(H,26,27). The lowest BCUT2D eigenvalue weighted by molar-refractivity contribution is -0.144. The summed E-state index contributed by atoms with van der Waals surface area (Å²) < 4.78 is 0. The number of aliphatic hydroxyl groups is 1. The van der Waals surface area contributed by atoms with Crippen molar-refractivity contribution < 1.29 is 34.2 Å². The Morgan fingerprint density at radius 2 is 1.89 bits per heavy atom. The molecule has 0 spiro atoms. The Morgan fingerprint density at radius 3 is 2.37 bits per heavy atom. The van der Waals surface area contributed by atoms with Gasteiger partial charge in [-0.3, -0.25) is 19.2 Å². The first-order valence-corrected chi connectivity index (χ1v) is 8.41. The largest absolute Gasteiger partial charge is 0.480 e. The second-order valence-electron chi connectivity index (χ2n) is 6.22. The van der Waals surface area contributed by atoms with E-state index >= 15 is 0 Å². The molecule has 0 aromatic heterocycles. The van der Waals surface area contributed by atoms with Crippen LogP contribution in [-0.2, 0) is 24.0 Å². The molecular weight excluding hydrogens is 362 g/mol. The number of aliphatic hydroxyl groups excluding tert-OH is 1. The van der Waals surface area contributed by atoms with E-state index in [4.69, 9.17) is 10.8 Å². The van der Waals surface area contributed by atoms with Gasteiger partial charge in [0.2, 0.25) is 23.6 Å². The van der Waals surface area contributed by atoms with Crippen molar-refractivity contribution in [1.29, 1.82) is 0 Å². The van der Waals surface area contributed by atoms with E-state index in [1.54, 1.807) is 0 Å². The predicted molar refractivity (Wildman–Crippen MR) is 91.0 cm³/mol. The number of hydrogen-bond donors (Lipinski definition) is 7. The molecule has 0 aromatic carbocycles. The molecule has 4 atom stereocenters. The molecule has 0 radical (unpaired) electrons. The summed E-state index contributed by atoms with van der Waals surface area (Å²) in [7, 11) is 0. The molecule has 0 aromatic rings. The molecule has 8 N–H and O–H groups in total. The lowest BCUT2D eigenvalue weighted by Crippen LogP contribution is -2.55. The first-order chi connectivity index (χ1) is 12.6. The highest BCUT2D eigenvalue weighted by molar-refractivity contribution is 5.95. The van der Waals surface area contributed by atoms with Crippen molar-refractivity contribution in [3.63, 3.8) is 0 Å². The number of carbonyl (C=O) groups is 5. The van der Waals surface area contributed by atoms with E-state index in [-0.39, 0.29) is 0 Å². The summed E-state index contributed by atoms with van der Waals surface area (Å²) in [6, 6.07) is -3.28. The van der Waals surface area contributed by atoms with E-state index in [9.17, 15) is 29.1 Å². The van der Waals surface area contributed by atoms with Crippen LogP contribution in [0.3, 0.4) is 0 Å². The van der Waals surface area contributed by atoms with Crippen molar-refractivity contribution in [2.24, 2.45) is 5.73 Å². The Balaban J connectivity index is 2.59. The Labute approximate surface area is 155 Å². The molecule has 1 fully saturated rings. The highest BCUT2D eigenvalue weighted by atomic mass is 16.4. The summed E-state index contributed by atoms with van der Waals surface area (Å²) in [6.07, 6.45) is -0.409. The highest BCUT2D eigenvalue weighted by Gasteiger charge is 2.29. The van der Waals surface area contributed by atoms with Gasteiger partial charge >= 0.3 is 5.97 Å². The normalized spacial score (nSPS) is 19.4. The van der Waals surface area contributed by atoms with Crippen LogP contribution in [0.4, 0.5) is 0 Å². The fourth-order valence-electron chi connectivity index (χ4n) is 2.49. The van der Waals surface area contributed by atoms with Gasteiger partial charge in [-0.15, -0.1) is 0 Å². The zero-order chi connectivity index (χ0) is 20.6. The molecule has 1 rings (SSSR count). The molecule has 1 aliphatic heterocycles. The van der Waals surface area contributed by atoms with Crippen LogP contribution in [-0.4, -0.2) is 77.1 Å². The molecule has 0 bridgehead atoms. The number of hydrogen-bond acceptors (Lipinski definition) is 7. The maximum Gasteiger partial charge on any atom is 0.328 e. The average Bonchev–Trinajstić information content (AvgIpc) is 3.10. The third-order valence-corrected chi connectivity index (χ3v) is 3.90. The van der Waals surface area contributed by atoms with Gasteiger partial charge in [0, 0.05) is 0 Å². The van der Waals surface area contributed by atoms with E-state index in [1.165, 1.54) is 6.92 Å². The minimum absolute atomic E-state index is 0.460. The topological polar surface area (TPSA) is 200 Å². The molecule has 4 amide bonds. The number of nitrogens with two attached hydrogens (primary N) is 1. The zero-order valence-corrected chi connectivity index (χ0v) is 14.9. The summed E-state index contributed by atoms with van der Waals surface area (Å²) in [5.41, 5.74) is 5.09. The van der Waals surface area contributed by atoms with Crippen molar-refractivity contribution >= 4 is 29.6 Å². The number of nitrogens with one attached hydrogen (secondary N) is 4. The first kappa shape index (κ1) is 22.3. The van der Waals surface area contributed by atoms with Crippen molar-refractivity contribution in [3.05, 3.63) is 0 Å². The first-order valence-electron chi connectivity index (χ1n) is 8.41. The van der Waals surface area contributed by atoms with Crippen molar-refractivity contribution in [3.8, 4) is 0 Å². The molecule has 12 nitrogen and oxygen atoms in total. The van der Waals surface area contributed by atoms with Crippen molar-refractivity contribution in [1.82, 2.24) is 21.3 Å². The maximum atomic E-state index is 12.2. The number of aliphatic carboxylic acids is 1. The van der Waals surface area contributed by atoms with E-state index in [0.717, 1.165) is 6.42 Å². The van der Waals surface area contributed by atoms with Gasteiger partial charge in [-0.2, -0.15) is 0 Å². The number of carboxylic acid groups (broad SMARTS) is 1. The summed E-state index contributed by atoms with van der Waals surface area (Å²) in [6.45, 7) is 1.24. The second kappa shape index (κ2) is 10.4. The molecule has 0 aliphatic carbocycles. The van der Waals surface area contributed by atoms with Crippen LogP contribution >= 0.6 is 0 Å². The van der Waals surface area contributed by atoms with E-state index < -0.39 is 66.8 Å². The van der Waals surface area contributed by atoms with Crippen LogP contribution in [0.25, 0.3) is 0 Å². The molecule has 0 saturated carbocycles. The second-order valence-corrected chi connectivity index (χ2v) is 6.22. The Hall–Kier alpha value is -2.73. The fraction of sp³-hybridized carbons (Fsp3) is 0.667. The number of primary amides is 1. The zero-order valence-electron chi connectivity index (χ0n) is 14.9. The van der Waals surface area contributed by atoms with Crippen LogP contribution in [0.2, 0.25) is 0 Å². The fourth-order valence-corrected chi connectivity index (χ4v) is 2.49. The quantitative estimate of drug-likeness (QED) is 0.197. The van der Waals surface area contributed by atoms with Gasteiger partial charge in [-0.1, -0.05) is 0 Å². The molecule has 1 heterocycles. The van der Waals surface area contributed by atoms with E-state index in [1.807, 2.05) is 5.32 Å². The van der Waals surface area contributed by atoms with Gasteiger partial charge in [0.1, 0.15) is 6.04 Å². The van der Waals surface area contributed by atoms with Gasteiger partial charge in [-0.05, 0) is 26.3 Å². The lowest BCUT2D eigenvalue weighted by Gasteiger charge is -2.20. The van der Waals surface area contributed by atoms with E-state index in [0.29, 0.717) is 13.0 Å². The third-order valence-electron chi connectivity index (χ3n) is 3.90. The van der Waals surface area contributed by atoms with Crippen LogP contribution in [0.5, 0.6) is 0 Å². The SMILES string of the molecule is CC(O)C(NC(=O)CNC(=O)C(CC(N)=O)NC(=O)C1CCCN1)C(=O)O. The summed E-state index contributed by atoms with van der Waals surface area (Å²) in [5, 5.41) is 27.8. The lowest BCUT2D eigenvalue weighted by atomic mass is 10.1. The summed E-state index contributed by atoms with van der Waals surface area (Å²) in [4.78, 5) is 58.1. The monoisotopic (exact) mass is 387 g/mol. The average molecular weight is 387 g/mol. The van der Waals surface area contributed by atoms with Crippen molar-refractivity contribution in [2.75, 3.05) is 13.1 Å². The van der Waals surface area contributed by atoms with Crippen LogP contribution in [0.1, 0.15) is 26.2 Å². The summed E-state index contributed by atoms with van der Waals surface area (Å²) in [5.74, 6) is -4.40. The number of rotatable bonds is 10. The van der Waals surface area contributed by atoms with Crippen molar-refractivity contribution in [2.45, 2.75) is 50.4 Å². The Morgan fingerprint density at radius 1 is 1.22 bits per heavy atom. The number of amides is 4. The minimum Gasteiger partial charge on any atom is -0.480 e. The number of carbonyl (C=O) groups excluding carboxylic acids is 4. The Bertz CT molecular complexity index is 589.